The Balaban J connectivity index is 1.97. The van der Waals surface area contributed by atoms with Crippen molar-refractivity contribution in [1.82, 2.24) is 20.0 Å². The van der Waals surface area contributed by atoms with Gasteiger partial charge >= 0.3 is 0 Å². The van der Waals surface area contributed by atoms with Gasteiger partial charge in [-0.2, -0.15) is 5.10 Å². The molecule has 3 aromatic rings. The maximum Gasteiger partial charge on any atom is 0.272 e. The van der Waals surface area contributed by atoms with Crippen LogP contribution in [0, 0.1) is 0 Å². The summed E-state index contributed by atoms with van der Waals surface area (Å²) in [5.41, 5.74) is 0.876. The van der Waals surface area contributed by atoms with E-state index in [-0.39, 0.29) is 11.1 Å². The maximum absolute atomic E-state index is 11.9. The molecule has 0 aliphatic heterocycles. The highest BCUT2D eigenvalue weighted by Crippen LogP contribution is 2.17. The average Bonchev–Trinajstić information content (AvgIpc) is 2.97. The summed E-state index contributed by atoms with van der Waals surface area (Å²) >= 11 is 0. The van der Waals surface area contributed by atoms with E-state index in [9.17, 15) is 9.59 Å². The summed E-state index contributed by atoms with van der Waals surface area (Å²) in [6.07, 6.45) is 5.12. The second-order valence-electron chi connectivity index (χ2n) is 4.50. The van der Waals surface area contributed by atoms with Gasteiger partial charge in [0, 0.05) is 30.2 Å². The van der Waals surface area contributed by atoms with Crippen LogP contribution >= 0.6 is 0 Å². The van der Waals surface area contributed by atoms with E-state index < -0.39 is 0 Å². The summed E-state index contributed by atoms with van der Waals surface area (Å²) in [7, 11) is 0. The topological polar surface area (TPSA) is 95.6 Å². The van der Waals surface area contributed by atoms with Crippen LogP contribution in [-0.4, -0.2) is 20.0 Å². The second-order valence-corrected chi connectivity index (χ2v) is 4.50. The first-order valence-electron chi connectivity index (χ1n) is 6.32. The molecule has 0 unspecified atom stereocenters. The Hall–Kier alpha value is -3.09. The quantitative estimate of drug-likeness (QED) is 0.668. The van der Waals surface area contributed by atoms with Crippen LogP contribution < -0.4 is 16.4 Å². The first-order valence-corrected chi connectivity index (χ1v) is 6.32. The molecule has 7 heteroatoms. The summed E-state index contributed by atoms with van der Waals surface area (Å²) in [6.45, 7) is 4.11. The number of rotatable bonds is 4. The van der Waals surface area contributed by atoms with E-state index in [1.165, 1.54) is 0 Å². The molecule has 0 saturated carbocycles. The molecule has 1 aromatic carbocycles. The molecule has 2 heterocycles. The van der Waals surface area contributed by atoms with Crippen molar-refractivity contribution >= 4 is 22.7 Å². The van der Waals surface area contributed by atoms with Crippen LogP contribution in [0.1, 0.15) is 5.56 Å². The van der Waals surface area contributed by atoms with Gasteiger partial charge < -0.3 is 5.32 Å². The van der Waals surface area contributed by atoms with Crippen molar-refractivity contribution in [2.24, 2.45) is 0 Å². The van der Waals surface area contributed by atoms with Crippen molar-refractivity contribution in [1.29, 1.82) is 0 Å². The number of aromatic nitrogens is 4. The number of aromatic amines is 2. The Labute approximate surface area is 118 Å². The summed E-state index contributed by atoms with van der Waals surface area (Å²) in [6, 6.07) is 5.10. The lowest BCUT2D eigenvalue weighted by Crippen LogP contribution is -2.20. The normalized spacial score (nSPS) is 10.7. The van der Waals surface area contributed by atoms with Crippen LogP contribution in [0.3, 0.4) is 0 Å². The number of hydrogen-bond donors (Lipinski definition) is 3. The van der Waals surface area contributed by atoms with Crippen LogP contribution in [-0.2, 0) is 6.54 Å². The number of benzene rings is 1. The van der Waals surface area contributed by atoms with Gasteiger partial charge in [-0.05, 0) is 12.1 Å². The van der Waals surface area contributed by atoms with E-state index >= 15 is 0 Å². The van der Waals surface area contributed by atoms with Crippen molar-refractivity contribution in [3.05, 3.63) is 63.4 Å². The third-order valence-electron chi connectivity index (χ3n) is 3.15. The van der Waals surface area contributed by atoms with Crippen molar-refractivity contribution in [2.45, 2.75) is 6.54 Å². The molecule has 0 fully saturated rings. The minimum absolute atomic E-state index is 0.326. The molecule has 0 amide bonds. The second kappa shape index (κ2) is 5.12. The zero-order valence-corrected chi connectivity index (χ0v) is 11.1. The Morgan fingerprint density at radius 3 is 2.86 bits per heavy atom. The van der Waals surface area contributed by atoms with Crippen molar-refractivity contribution in [3.8, 4) is 0 Å². The lowest BCUT2D eigenvalue weighted by Gasteiger charge is -2.07. The number of H-pyrrole nitrogens is 2. The molecular weight excluding hydrogens is 270 g/mol. The Morgan fingerprint density at radius 1 is 1.29 bits per heavy atom. The van der Waals surface area contributed by atoms with Gasteiger partial charge in [-0.3, -0.25) is 19.8 Å². The molecule has 0 saturated heterocycles. The number of hydrogen-bond acceptors (Lipinski definition) is 4. The third kappa shape index (κ3) is 2.36. The number of nitrogens with zero attached hydrogens (tertiary/aromatic N) is 2. The Morgan fingerprint density at radius 2 is 2.10 bits per heavy atom. The fourth-order valence-electron chi connectivity index (χ4n) is 2.14. The Kier molecular flexibility index (Phi) is 3.15. The van der Waals surface area contributed by atoms with Gasteiger partial charge in [0.15, 0.2) is 0 Å². The third-order valence-corrected chi connectivity index (χ3v) is 3.15. The molecule has 0 aliphatic rings. The molecule has 106 valence electrons. The van der Waals surface area contributed by atoms with E-state index in [1.54, 1.807) is 35.3 Å². The van der Waals surface area contributed by atoms with Crippen LogP contribution in [0.2, 0.25) is 0 Å². The molecule has 7 nitrogen and oxygen atoms in total. The van der Waals surface area contributed by atoms with Crippen LogP contribution in [0.25, 0.3) is 17.0 Å². The van der Waals surface area contributed by atoms with Crippen molar-refractivity contribution < 1.29 is 0 Å². The highest BCUT2D eigenvalue weighted by Gasteiger charge is 2.08. The molecule has 3 N–H and O–H groups in total. The largest absolute Gasteiger partial charge is 0.380 e. The van der Waals surface area contributed by atoms with Gasteiger partial charge in [-0.25, -0.2) is 4.68 Å². The zero-order valence-electron chi connectivity index (χ0n) is 11.1. The molecule has 0 bridgehead atoms. The SMILES string of the molecule is C=Cn1cc(CNc2cccc3c(=O)[nH][nH]c(=O)c23)cn1. The standard InChI is InChI=1S/C14H13N5O2/c1-2-19-8-9(7-16-19)6-15-11-5-3-4-10-12(11)14(21)18-17-13(10)20/h2-5,7-8,15H,1,6H2,(H,17,20)(H,18,21). The fourth-order valence-corrected chi connectivity index (χ4v) is 2.14. The summed E-state index contributed by atoms with van der Waals surface area (Å²) in [5.74, 6) is 0. The van der Waals surface area contributed by atoms with E-state index in [2.05, 4.69) is 27.2 Å². The van der Waals surface area contributed by atoms with Crippen molar-refractivity contribution in [2.75, 3.05) is 5.32 Å². The fraction of sp³-hybridized carbons (Fsp3) is 0.0714. The summed E-state index contributed by atoms with van der Waals surface area (Å²) in [4.78, 5) is 23.6. The number of nitrogens with one attached hydrogen (secondary N) is 3. The van der Waals surface area contributed by atoms with Crippen molar-refractivity contribution in [3.63, 3.8) is 0 Å². The number of anilines is 1. The van der Waals surface area contributed by atoms with Gasteiger partial charge in [0.05, 0.1) is 17.0 Å². The van der Waals surface area contributed by atoms with Crippen LogP contribution in [0.5, 0.6) is 0 Å². The van der Waals surface area contributed by atoms with Crippen LogP contribution in [0.4, 0.5) is 5.69 Å². The molecule has 0 radical (unpaired) electrons. The first-order chi connectivity index (χ1) is 10.2. The summed E-state index contributed by atoms with van der Waals surface area (Å²) < 4.78 is 1.59. The smallest absolute Gasteiger partial charge is 0.272 e. The summed E-state index contributed by atoms with van der Waals surface area (Å²) in [5, 5.41) is 12.6. The van der Waals surface area contributed by atoms with E-state index in [4.69, 9.17) is 0 Å². The first kappa shape index (κ1) is 12.9. The average molecular weight is 283 g/mol. The van der Waals surface area contributed by atoms with E-state index in [0.29, 0.717) is 23.0 Å². The highest BCUT2D eigenvalue weighted by atomic mass is 16.1. The van der Waals surface area contributed by atoms with Crippen LogP contribution in [0.15, 0.2) is 46.8 Å². The molecule has 0 spiro atoms. The maximum atomic E-state index is 11.9. The molecule has 0 atom stereocenters. The highest BCUT2D eigenvalue weighted by molar-refractivity contribution is 5.92. The van der Waals surface area contributed by atoms with E-state index in [0.717, 1.165) is 5.56 Å². The number of fused-ring (bicyclic) bond motifs is 1. The monoisotopic (exact) mass is 283 g/mol. The van der Waals surface area contributed by atoms with Gasteiger partial charge in [0.2, 0.25) is 0 Å². The predicted molar refractivity (Wildman–Crippen MR) is 81.1 cm³/mol. The predicted octanol–water partition coefficient (Wildman–Crippen LogP) is 1.13. The zero-order chi connectivity index (χ0) is 14.8. The minimum atomic E-state index is -0.338. The molecule has 3 rings (SSSR count). The lowest BCUT2D eigenvalue weighted by atomic mass is 10.1. The van der Waals surface area contributed by atoms with Gasteiger partial charge in [0.25, 0.3) is 11.1 Å². The molecular formula is C14H13N5O2. The van der Waals surface area contributed by atoms with Gasteiger partial charge in [-0.1, -0.05) is 12.6 Å². The van der Waals surface area contributed by atoms with Gasteiger partial charge in [-0.15, -0.1) is 0 Å². The molecule has 21 heavy (non-hydrogen) atoms. The molecule has 0 aliphatic carbocycles. The molecule has 2 aromatic heterocycles. The lowest BCUT2D eigenvalue weighted by molar-refractivity contribution is 0.936. The minimum Gasteiger partial charge on any atom is -0.380 e. The Bertz CT molecular complexity index is 919. The van der Waals surface area contributed by atoms with Gasteiger partial charge in [0.1, 0.15) is 0 Å². The van der Waals surface area contributed by atoms with E-state index in [1.807, 2.05) is 6.20 Å².